The Bertz CT molecular complexity index is 597. The normalized spacial score (nSPS) is 10.3. The SMILES string of the molecule is O=C(COc1ccc(Cl)cc1)c1cc(F)ccc1F. The molecule has 0 fully saturated rings. The number of carbonyl (C=O) groups excluding carboxylic acids is 1. The van der Waals surface area contributed by atoms with Gasteiger partial charge in [-0.15, -0.1) is 0 Å². The Labute approximate surface area is 113 Å². The minimum absolute atomic E-state index is 0.325. The molecule has 5 heteroatoms. The first-order chi connectivity index (χ1) is 9.06. The van der Waals surface area contributed by atoms with Crippen LogP contribution in [0.4, 0.5) is 8.78 Å². The summed E-state index contributed by atoms with van der Waals surface area (Å²) in [7, 11) is 0. The highest BCUT2D eigenvalue weighted by molar-refractivity contribution is 6.30. The van der Waals surface area contributed by atoms with Crippen molar-refractivity contribution < 1.29 is 18.3 Å². The smallest absolute Gasteiger partial charge is 0.203 e. The quantitative estimate of drug-likeness (QED) is 0.796. The van der Waals surface area contributed by atoms with Crippen molar-refractivity contribution in [3.63, 3.8) is 0 Å². The van der Waals surface area contributed by atoms with E-state index >= 15 is 0 Å². The van der Waals surface area contributed by atoms with Crippen LogP contribution in [0.5, 0.6) is 5.75 Å². The summed E-state index contributed by atoms with van der Waals surface area (Å²) < 4.78 is 31.5. The van der Waals surface area contributed by atoms with Gasteiger partial charge in [-0.2, -0.15) is 0 Å². The van der Waals surface area contributed by atoms with Crippen LogP contribution in [0, 0.1) is 11.6 Å². The maximum atomic E-state index is 13.3. The van der Waals surface area contributed by atoms with Crippen LogP contribution in [0.2, 0.25) is 5.02 Å². The number of hydrogen-bond donors (Lipinski definition) is 0. The Kier molecular flexibility index (Phi) is 4.12. The summed E-state index contributed by atoms with van der Waals surface area (Å²) in [6.45, 7) is -0.373. The Hall–Kier alpha value is -1.94. The van der Waals surface area contributed by atoms with Crippen molar-refractivity contribution >= 4 is 17.4 Å². The van der Waals surface area contributed by atoms with Crippen LogP contribution in [-0.4, -0.2) is 12.4 Å². The zero-order valence-electron chi connectivity index (χ0n) is 9.70. The van der Waals surface area contributed by atoms with Crippen LogP contribution in [0.15, 0.2) is 42.5 Å². The van der Waals surface area contributed by atoms with Gasteiger partial charge in [0.15, 0.2) is 6.61 Å². The molecule has 98 valence electrons. The Morgan fingerprint density at radius 2 is 1.79 bits per heavy atom. The van der Waals surface area contributed by atoms with Crippen LogP contribution in [0.1, 0.15) is 10.4 Å². The monoisotopic (exact) mass is 282 g/mol. The molecule has 0 aliphatic carbocycles. The molecule has 0 saturated heterocycles. The van der Waals surface area contributed by atoms with Gasteiger partial charge in [0, 0.05) is 5.02 Å². The number of ketones is 1. The van der Waals surface area contributed by atoms with Crippen LogP contribution in [-0.2, 0) is 0 Å². The number of benzene rings is 2. The van der Waals surface area contributed by atoms with Crippen molar-refractivity contribution in [2.75, 3.05) is 6.61 Å². The Morgan fingerprint density at radius 1 is 1.11 bits per heavy atom. The number of Topliss-reactive ketones (excluding diaryl/α,β-unsaturated/α-hetero) is 1. The van der Waals surface area contributed by atoms with Crippen molar-refractivity contribution in [3.8, 4) is 5.75 Å². The number of halogens is 3. The zero-order chi connectivity index (χ0) is 13.8. The van der Waals surface area contributed by atoms with Crippen molar-refractivity contribution in [3.05, 3.63) is 64.7 Å². The molecular weight excluding hydrogens is 274 g/mol. The highest BCUT2D eigenvalue weighted by atomic mass is 35.5. The van der Waals surface area contributed by atoms with Crippen molar-refractivity contribution in [2.24, 2.45) is 0 Å². The molecule has 0 saturated carbocycles. The van der Waals surface area contributed by atoms with Gasteiger partial charge in [0.2, 0.25) is 5.78 Å². The number of ether oxygens (including phenoxy) is 1. The van der Waals surface area contributed by atoms with Crippen LogP contribution < -0.4 is 4.74 Å². The van der Waals surface area contributed by atoms with Gasteiger partial charge < -0.3 is 4.74 Å². The van der Waals surface area contributed by atoms with E-state index in [1.54, 1.807) is 24.3 Å². The van der Waals surface area contributed by atoms with Gasteiger partial charge in [0.1, 0.15) is 17.4 Å². The van der Waals surface area contributed by atoms with Crippen molar-refractivity contribution in [1.82, 2.24) is 0 Å². The third kappa shape index (κ3) is 3.51. The molecule has 0 atom stereocenters. The molecule has 0 aromatic heterocycles. The molecule has 0 radical (unpaired) electrons. The maximum Gasteiger partial charge on any atom is 0.203 e. The predicted octanol–water partition coefficient (Wildman–Crippen LogP) is 3.88. The van der Waals surface area contributed by atoms with Gasteiger partial charge in [0.25, 0.3) is 0 Å². The fourth-order valence-electron chi connectivity index (χ4n) is 1.47. The summed E-state index contributed by atoms with van der Waals surface area (Å²) >= 11 is 5.69. The average molecular weight is 283 g/mol. The molecule has 0 unspecified atom stereocenters. The van der Waals surface area contributed by atoms with Crippen molar-refractivity contribution in [2.45, 2.75) is 0 Å². The summed E-state index contributed by atoms with van der Waals surface area (Å²) in [6.07, 6.45) is 0. The first-order valence-corrected chi connectivity index (χ1v) is 5.80. The minimum atomic E-state index is -0.772. The lowest BCUT2D eigenvalue weighted by molar-refractivity contribution is 0.0917. The van der Waals surface area contributed by atoms with Crippen molar-refractivity contribution in [1.29, 1.82) is 0 Å². The fraction of sp³-hybridized carbons (Fsp3) is 0.0714. The van der Waals surface area contributed by atoms with E-state index in [4.69, 9.17) is 16.3 Å². The minimum Gasteiger partial charge on any atom is -0.485 e. The van der Waals surface area contributed by atoms with Gasteiger partial charge in [-0.1, -0.05) is 11.6 Å². The molecule has 0 amide bonds. The van der Waals surface area contributed by atoms with E-state index in [1.807, 2.05) is 0 Å². The molecule has 2 aromatic rings. The van der Waals surface area contributed by atoms with E-state index in [-0.39, 0.29) is 12.2 Å². The molecule has 0 bridgehead atoms. The molecular formula is C14H9ClF2O2. The maximum absolute atomic E-state index is 13.3. The lowest BCUT2D eigenvalue weighted by atomic mass is 10.1. The van der Waals surface area contributed by atoms with E-state index < -0.39 is 17.4 Å². The van der Waals surface area contributed by atoms with E-state index in [2.05, 4.69) is 0 Å². The van der Waals surface area contributed by atoms with Gasteiger partial charge in [-0.25, -0.2) is 8.78 Å². The predicted molar refractivity (Wildman–Crippen MR) is 67.6 cm³/mol. The molecule has 0 spiro atoms. The fourth-order valence-corrected chi connectivity index (χ4v) is 1.59. The second-order valence-electron chi connectivity index (χ2n) is 3.79. The second-order valence-corrected chi connectivity index (χ2v) is 4.23. The molecule has 0 aliphatic rings. The first-order valence-electron chi connectivity index (χ1n) is 5.43. The Morgan fingerprint density at radius 3 is 2.47 bits per heavy atom. The summed E-state index contributed by atoms with van der Waals surface area (Å²) in [4.78, 5) is 11.7. The molecule has 19 heavy (non-hydrogen) atoms. The third-order valence-corrected chi connectivity index (χ3v) is 2.66. The molecule has 0 N–H and O–H groups in total. The number of carbonyl (C=O) groups is 1. The lowest BCUT2D eigenvalue weighted by Crippen LogP contribution is -2.13. The number of rotatable bonds is 4. The average Bonchev–Trinajstić information content (AvgIpc) is 2.40. The van der Waals surface area contributed by atoms with Gasteiger partial charge in [-0.3, -0.25) is 4.79 Å². The van der Waals surface area contributed by atoms with E-state index in [0.29, 0.717) is 10.8 Å². The van der Waals surface area contributed by atoms with Gasteiger partial charge in [0.05, 0.1) is 5.56 Å². The first kappa shape index (κ1) is 13.5. The summed E-state index contributed by atoms with van der Waals surface area (Å²) in [5.74, 6) is -1.65. The zero-order valence-corrected chi connectivity index (χ0v) is 10.5. The van der Waals surface area contributed by atoms with Gasteiger partial charge >= 0.3 is 0 Å². The third-order valence-electron chi connectivity index (χ3n) is 2.41. The highest BCUT2D eigenvalue weighted by Gasteiger charge is 2.13. The van der Waals surface area contributed by atoms with Crippen LogP contribution in [0.3, 0.4) is 0 Å². The highest BCUT2D eigenvalue weighted by Crippen LogP contribution is 2.16. The molecule has 2 aromatic carbocycles. The van der Waals surface area contributed by atoms with E-state index in [0.717, 1.165) is 18.2 Å². The van der Waals surface area contributed by atoms with E-state index in [9.17, 15) is 13.6 Å². The molecule has 2 nitrogen and oxygen atoms in total. The lowest BCUT2D eigenvalue weighted by Gasteiger charge is -2.06. The van der Waals surface area contributed by atoms with Gasteiger partial charge in [-0.05, 0) is 42.5 Å². The Balaban J connectivity index is 2.05. The molecule has 0 heterocycles. The molecule has 2 rings (SSSR count). The summed E-state index contributed by atoms with van der Waals surface area (Å²) in [5.41, 5.74) is -0.325. The largest absolute Gasteiger partial charge is 0.485 e. The summed E-state index contributed by atoms with van der Waals surface area (Å²) in [6, 6.07) is 9.07. The molecule has 0 aliphatic heterocycles. The van der Waals surface area contributed by atoms with E-state index in [1.165, 1.54) is 0 Å². The van der Waals surface area contributed by atoms with Crippen LogP contribution >= 0.6 is 11.6 Å². The number of hydrogen-bond acceptors (Lipinski definition) is 2. The summed E-state index contributed by atoms with van der Waals surface area (Å²) in [5, 5.41) is 0.537. The standard InChI is InChI=1S/C14H9ClF2O2/c15-9-1-4-11(5-2-9)19-8-14(18)12-7-10(16)3-6-13(12)17/h1-7H,8H2. The topological polar surface area (TPSA) is 26.3 Å². The van der Waals surface area contributed by atoms with Crippen LogP contribution in [0.25, 0.3) is 0 Å². The second kappa shape index (κ2) is 5.80.